The third kappa shape index (κ3) is 2.62. The molecule has 0 aromatic carbocycles. The molecule has 5 heteroatoms. The van der Waals surface area contributed by atoms with Gasteiger partial charge in [-0.05, 0) is 35.4 Å². The molecule has 1 aromatic heterocycles. The minimum atomic E-state index is -1.36. The van der Waals surface area contributed by atoms with Crippen molar-refractivity contribution >= 4 is 34.9 Å². The Hall–Kier alpha value is -2.01. The number of carbonyl (C=O) groups is 3. The molecule has 0 saturated carbocycles. The van der Waals surface area contributed by atoms with Gasteiger partial charge in [-0.1, -0.05) is 6.08 Å². The zero-order valence-corrected chi connectivity index (χ0v) is 10.4. The molecule has 0 radical (unpaired) electrons. The average molecular weight is 262 g/mol. The first kappa shape index (κ1) is 12.4. The van der Waals surface area contributed by atoms with Crippen LogP contribution in [0.5, 0.6) is 0 Å². The highest BCUT2D eigenvalue weighted by Gasteiger charge is 2.36. The third-order valence-corrected chi connectivity index (χ3v) is 3.10. The Kier molecular flexibility index (Phi) is 3.53. The van der Waals surface area contributed by atoms with Crippen molar-refractivity contribution in [1.29, 1.82) is 0 Å². The lowest BCUT2D eigenvalue weighted by Gasteiger charge is -2.15. The maximum Gasteiger partial charge on any atom is 0.329 e. The number of thiophene rings is 1. The first-order valence-electron chi connectivity index (χ1n) is 5.26. The second-order valence-corrected chi connectivity index (χ2v) is 4.58. The quantitative estimate of drug-likeness (QED) is 0.475. The van der Waals surface area contributed by atoms with E-state index in [0.29, 0.717) is 0 Å². The molecule has 18 heavy (non-hydrogen) atoms. The van der Waals surface area contributed by atoms with Crippen molar-refractivity contribution in [2.24, 2.45) is 5.92 Å². The third-order valence-electron chi connectivity index (χ3n) is 2.40. The molecule has 0 bridgehead atoms. The Morgan fingerprint density at radius 3 is 2.83 bits per heavy atom. The lowest BCUT2D eigenvalue weighted by molar-refractivity contribution is -0.151. The van der Waals surface area contributed by atoms with Crippen molar-refractivity contribution < 1.29 is 19.1 Å². The number of ether oxygens (including phenoxy) is 1. The zero-order valence-electron chi connectivity index (χ0n) is 9.58. The van der Waals surface area contributed by atoms with Crippen LogP contribution in [-0.2, 0) is 19.1 Å². The van der Waals surface area contributed by atoms with Crippen LogP contribution in [0.15, 0.2) is 34.7 Å². The highest BCUT2D eigenvalue weighted by molar-refractivity contribution is 7.08. The Balaban J connectivity index is 2.14. The smallest absolute Gasteiger partial charge is 0.329 e. The average Bonchev–Trinajstić information content (AvgIpc) is 2.77. The molecular formula is C13H10O4S. The molecule has 0 fully saturated rings. The van der Waals surface area contributed by atoms with Gasteiger partial charge in [-0.15, -0.1) is 0 Å². The largest absolute Gasteiger partial charge is 0.430 e. The van der Waals surface area contributed by atoms with Crippen molar-refractivity contribution in [3.05, 3.63) is 40.3 Å². The molecule has 0 aliphatic carbocycles. The Labute approximate surface area is 108 Å². The molecule has 1 aliphatic rings. The van der Waals surface area contributed by atoms with Gasteiger partial charge in [-0.2, -0.15) is 11.3 Å². The highest BCUT2D eigenvalue weighted by atomic mass is 32.1. The van der Waals surface area contributed by atoms with Gasteiger partial charge >= 0.3 is 5.97 Å². The number of hydrogen-bond acceptors (Lipinski definition) is 5. The summed E-state index contributed by atoms with van der Waals surface area (Å²) < 4.78 is 4.78. The normalized spacial score (nSPS) is 19.8. The van der Waals surface area contributed by atoms with E-state index >= 15 is 0 Å². The van der Waals surface area contributed by atoms with Crippen molar-refractivity contribution in [2.75, 3.05) is 0 Å². The van der Waals surface area contributed by atoms with E-state index in [-0.39, 0.29) is 5.76 Å². The standard InChI is InChI=1S/C13H10O4S/c1-8-6-11(15)12(13(16)17-8)10(14)3-2-9-4-5-18-7-9/h2-7,12H,1H3/b3-2+/t12-/m1/s1. The van der Waals surface area contributed by atoms with Crippen LogP contribution in [0, 0.1) is 5.92 Å². The van der Waals surface area contributed by atoms with E-state index in [1.807, 2.05) is 16.8 Å². The van der Waals surface area contributed by atoms with Crippen molar-refractivity contribution in [3.8, 4) is 0 Å². The summed E-state index contributed by atoms with van der Waals surface area (Å²) in [5, 5.41) is 3.73. The zero-order chi connectivity index (χ0) is 13.1. The molecule has 0 unspecified atom stereocenters. The summed E-state index contributed by atoms with van der Waals surface area (Å²) in [4.78, 5) is 34.9. The summed E-state index contributed by atoms with van der Waals surface area (Å²) in [5.41, 5.74) is 0.858. The van der Waals surface area contributed by atoms with E-state index in [1.54, 1.807) is 6.08 Å². The SMILES string of the molecule is CC1=CC(=O)[C@@H](C(=O)/C=C/c2ccsc2)C(=O)O1. The van der Waals surface area contributed by atoms with Gasteiger partial charge in [-0.25, -0.2) is 0 Å². The van der Waals surface area contributed by atoms with Crippen LogP contribution in [0.1, 0.15) is 12.5 Å². The van der Waals surface area contributed by atoms with Gasteiger partial charge in [0.05, 0.1) is 0 Å². The van der Waals surface area contributed by atoms with Gasteiger partial charge in [0.15, 0.2) is 17.5 Å². The van der Waals surface area contributed by atoms with Gasteiger partial charge in [0.25, 0.3) is 0 Å². The molecule has 92 valence electrons. The van der Waals surface area contributed by atoms with Crippen LogP contribution in [0.2, 0.25) is 0 Å². The Morgan fingerprint density at radius 1 is 1.44 bits per heavy atom. The molecule has 4 nitrogen and oxygen atoms in total. The number of ketones is 2. The number of allylic oxidation sites excluding steroid dienone is 3. The minimum Gasteiger partial charge on any atom is -0.430 e. The fourth-order valence-electron chi connectivity index (χ4n) is 1.55. The maximum absolute atomic E-state index is 11.8. The van der Waals surface area contributed by atoms with E-state index in [2.05, 4.69) is 0 Å². The lowest BCUT2D eigenvalue weighted by atomic mass is 9.96. The van der Waals surface area contributed by atoms with E-state index in [0.717, 1.165) is 5.56 Å². The second kappa shape index (κ2) is 5.10. The molecule has 0 N–H and O–H groups in total. The lowest BCUT2D eigenvalue weighted by Crippen LogP contribution is -2.34. The number of esters is 1. The van der Waals surface area contributed by atoms with Gasteiger partial charge in [0.1, 0.15) is 5.76 Å². The van der Waals surface area contributed by atoms with E-state index < -0.39 is 23.5 Å². The van der Waals surface area contributed by atoms with E-state index in [9.17, 15) is 14.4 Å². The van der Waals surface area contributed by atoms with Crippen LogP contribution in [-0.4, -0.2) is 17.5 Å². The molecule has 2 heterocycles. The predicted octanol–water partition coefficient (Wildman–Crippen LogP) is 1.98. The maximum atomic E-state index is 11.8. The van der Waals surface area contributed by atoms with Crippen LogP contribution in [0.4, 0.5) is 0 Å². The molecule has 0 saturated heterocycles. The first-order chi connectivity index (χ1) is 8.58. The minimum absolute atomic E-state index is 0.218. The molecule has 1 aliphatic heterocycles. The van der Waals surface area contributed by atoms with Crippen LogP contribution in [0.3, 0.4) is 0 Å². The molecular weight excluding hydrogens is 252 g/mol. The van der Waals surface area contributed by atoms with Crippen molar-refractivity contribution in [2.45, 2.75) is 6.92 Å². The van der Waals surface area contributed by atoms with Crippen LogP contribution < -0.4 is 0 Å². The topological polar surface area (TPSA) is 60.4 Å². The second-order valence-electron chi connectivity index (χ2n) is 3.80. The number of rotatable bonds is 3. The van der Waals surface area contributed by atoms with Gasteiger partial charge < -0.3 is 4.74 Å². The molecule has 1 aromatic rings. The monoisotopic (exact) mass is 262 g/mol. The van der Waals surface area contributed by atoms with Crippen LogP contribution >= 0.6 is 11.3 Å². The number of cyclic esters (lactones) is 1. The Bertz CT molecular complexity index is 552. The van der Waals surface area contributed by atoms with Gasteiger partial charge in [0.2, 0.25) is 0 Å². The highest BCUT2D eigenvalue weighted by Crippen LogP contribution is 2.17. The fraction of sp³-hybridized carbons (Fsp3) is 0.154. The number of carbonyl (C=O) groups excluding carboxylic acids is 3. The Morgan fingerprint density at radius 2 is 2.22 bits per heavy atom. The summed E-state index contributed by atoms with van der Waals surface area (Å²) >= 11 is 1.50. The van der Waals surface area contributed by atoms with E-state index in [1.165, 1.54) is 30.4 Å². The van der Waals surface area contributed by atoms with E-state index in [4.69, 9.17) is 4.74 Å². The summed E-state index contributed by atoms with van der Waals surface area (Å²) in [5.74, 6) is -3.02. The fourth-order valence-corrected chi connectivity index (χ4v) is 2.18. The number of hydrogen-bond donors (Lipinski definition) is 0. The summed E-state index contributed by atoms with van der Waals surface area (Å²) in [7, 11) is 0. The predicted molar refractivity (Wildman–Crippen MR) is 66.7 cm³/mol. The first-order valence-corrected chi connectivity index (χ1v) is 6.20. The van der Waals surface area contributed by atoms with Gasteiger partial charge in [-0.3, -0.25) is 14.4 Å². The molecule has 2 rings (SSSR count). The summed E-state index contributed by atoms with van der Waals surface area (Å²) in [6.07, 6.45) is 3.98. The van der Waals surface area contributed by atoms with Crippen molar-refractivity contribution in [1.82, 2.24) is 0 Å². The molecule has 0 amide bonds. The molecule has 0 spiro atoms. The summed E-state index contributed by atoms with van der Waals surface area (Å²) in [6, 6.07) is 1.83. The van der Waals surface area contributed by atoms with Crippen molar-refractivity contribution in [3.63, 3.8) is 0 Å². The van der Waals surface area contributed by atoms with Gasteiger partial charge in [0, 0.05) is 6.08 Å². The summed E-state index contributed by atoms with van der Waals surface area (Å²) in [6.45, 7) is 1.50. The molecule has 1 atom stereocenters. The van der Waals surface area contributed by atoms with Crippen LogP contribution in [0.25, 0.3) is 6.08 Å².